The number of ether oxygens (including phenoxy) is 1. The van der Waals surface area contributed by atoms with E-state index in [4.69, 9.17) is 21.3 Å². The third-order valence-corrected chi connectivity index (χ3v) is 9.65. The molecule has 1 atom stereocenters. The predicted molar refractivity (Wildman–Crippen MR) is 180 cm³/mol. The van der Waals surface area contributed by atoms with Gasteiger partial charge in [-0.15, -0.1) is 0 Å². The summed E-state index contributed by atoms with van der Waals surface area (Å²) in [7, 11) is 0. The molecule has 1 fully saturated rings. The highest BCUT2D eigenvalue weighted by molar-refractivity contribution is 6.31. The van der Waals surface area contributed by atoms with Gasteiger partial charge in [0.15, 0.2) is 6.10 Å². The molecule has 0 unspecified atom stereocenters. The highest BCUT2D eigenvalue weighted by Gasteiger charge is 2.36. The van der Waals surface area contributed by atoms with Crippen LogP contribution in [0.15, 0.2) is 36.4 Å². The molecule has 1 saturated heterocycles. The molecule has 0 aliphatic carbocycles. The molecule has 236 valence electrons. The Hall–Kier alpha value is -2.93. The number of carbonyl (C=O) groups is 1. The highest BCUT2D eigenvalue weighted by Crippen LogP contribution is 2.45. The Kier molecular flexibility index (Phi) is 9.19. The fraction of sp³-hybridized carbons (Fsp3) is 0.514. The maximum Gasteiger partial charge on any atom is 0.337 e. The van der Waals surface area contributed by atoms with Gasteiger partial charge in [0.2, 0.25) is 0 Å². The van der Waals surface area contributed by atoms with Crippen LogP contribution in [0.25, 0.3) is 11.1 Å². The Morgan fingerprint density at radius 2 is 1.75 bits per heavy atom. The lowest BCUT2D eigenvalue weighted by Crippen LogP contribution is -2.39. The smallest absolute Gasteiger partial charge is 0.337 e. The third-order valence-electron chi connectivity index (χ3n) is 9.29. The number of nitrogens with zero attached hydrogens (tertiary/aromatic N) is 3. The Bertz CT molecular complexity index is 1530. The molecular weight excluding hydrogens is 570 g/mol. The van der Waals surface area contributed by atoms with Crippen LogP contribution in [0.5, 0.6) is 0 Å². The summed E-state index contributed by atoms with van der Waals surface area (Å²) in [6.07, 6.45) is 1.89. The van der Waals surface area contributed by atoms with Crippen LogP contribution in [0, 0.1) is 26.2 Å². The quantitative estimate of drug-likeness (QED) is 0.287. The minimum atomic E-state index is -1.12. The summed E-state index contributed by atoms with van der Waals surface area (Å²) in [6, 6.07) is 12.9. The first-order valence-electron chi connectivity index (χ1n) is 15.9. The predicted octanol–water partition coefficient (Wildman–Crippen LogP) is 8.45. The van der Waals surface area contributed by atoms with E-state index in [1.54, 1.807) is 0 Å². The van der Waals surface area contributed by atoms with Gasteiger partial charge in [-0.3, -0.25) is 9.88 Å². The Labute approximate surface area is 268 Å². The normalized spacial score (nSPS) is 17.8. The van der Waals surface area contributed by atoms with Gasteiger partial charge >= 0.3 is 5.97 Å². The number of hydrogen-bond donors (Lipinski definition) is 1. The van der Waals surface area contributed by atoms with Crippen molar-refractivity contribution in [3.05, 3.63) is 80.6 Å². The molecule has 5 rings (SSSR count). The number of aromatic nitrogens is 1. The van der Waals surface area contributed by atoms with Gasteiger partial charge in [-0.25, -0.2) is 4.79 Å². The molecule has 0 saturated carbocycles. The highest BCUT2D eigenvalue weighted by atomic mass is 35.5. The molecule has 2 aliphatic heterocycles. The number of aryl methyl sites for hydroxylation is 3. The minimum absolute atomic E-state index is 0.252. The number of hydrogen-bond acceptors (Lipinski definition) is 5. The molecule has 0 bridgehead atoms. The number of halogens is 1. The van der Waals surface area contributed by atoms with E-state index in [9.17, 15) is 9.90 Å². The lowest BCUT2D eigenvalue weighted by atomic mass is 9.81. The number of rotatable bonds is 7. The standard InChI is InChI=1S/C37H48ClN3O3/c1-23-10-9-11-30(38)29(23)22-40-17-14-26-20-27(12-13-28(26)21-40)31-24(2)39-25(3)32(34(35(42)43)44-36(4,5)6)33(31)41-18-15-37(7,8)16-19-41/h9-13,20,34H,14-19,21-22H2,1-8H3,(H,42,43)/t34-/m0/s1. The van der Waals surface area contributed by atoms with Crippen LogP contribution in [0.2, 0.25) is 5.02 Å². The number of piperidine rings is 1. The van der Waals surface area contributed by atoms with Crippen LogP contribution < -0.4 is 4.90 Å². The second-order valence-electron chi connectivity index (χ2n) is 14.5. The summed E-state index contributed by atoms with van der Waals surface area (Å²) in [6.45, 7) is 20.8. The van der Waals surface area contributed by atoms with Gasteiger partial charge in [0.1, 0.15) is 0 Å². The molecule has 0 amide bonds. The maximum atomic E-state index is 12.8. The second-order valence-corrected chi connectivity index (χ2v) is 14.9. The van der Waals surface area contributed by atoms with Crippen molar-refractivity contribution >= 4 is 23.3 Å². The average Bonchev–Trinajstić information content (AvgIpc) is 2.93. The van der Waals surface area contributed by atoms with Crippen molar-refractivity contribution in [1.82, 2.24) is 9.88 Å². The molecule has 44 heavy (non-hydrogen) atoms. The molecule has 3 heterocycles. The average molecular weight is 618 g/mol. The molecule has 0 radical (unpaired) electrons. The summed E-state index contributed by atoms with van der Waals surface area (Å²) in [4.78, 5) is 22.6. The van der Waals surface area contributed by atoms with Gasteiger partial charge in [-0.2, -0.15) is 0 Å². The lowest BCUT2D eigenvalue weighted by molar-refractivity contribution is -0.160. The number of aliphatic carboxylic acids is 1. The summed E-state index contributed by atoms with van der Waals surface area (Å²) in [5.41, 5.74) is 10.1. The van der Waals surface area contributed by atoms with Gasteiger partial charge in [0.25, 0.3) is 0 Å². The first-order valence-corrected chi connectivity index (χ1v) is 16.3. The van der Waals surface area contributed by atoms with E-state index in [0.717, 1.165) is 79.5 Å². The van der Waals surface area contributed by atoms with Crippen molar-refractivity contribution < 1.29 is 14.6 Å². The zero-order valence-corrected chi connectivity index (χ0v) is 28.4. The summed E-state index contributed by atoms with van der Waals surface area (Å²) in [5.74, 6) is -0.988. The van der Waals surface area contributed by atoms with Gasteiger partial charge < -0.3 is 14.7 Å². The second kappa shape index (κ2) is 12.5. The van der Waals surface area contributed by atoms with Crippen LogP contribution in [-0.2, 0) is 29.0 Å². The van der Waals surface area contributed by atoms with Gasteiger partial charge in [0.05, 0.1) is 11.3 Å². The van der Waals surface area contributed by atoms with Crippen LogP contribution in [-0.4, -0.2) is 46.2 Å². The fourth-order valence-corrected chi connectivity index (χ4v) is 7.03. The van der Waals surface area contributed by atoms with E-state index in [0.29, 0.717) is 11.3 Å². The van der Waals surface area contributed by atoms with Gasteiger partial charge in [-0.05, 0) is 100 Å². The molecule has 2 aromatic carbocycles. The fourth-order valence-electron chi connectivity index (χ4n) is 6.75. The van der Waals surface area contributed by atoms with Crippen molar-refractivity contribution in [2.75, 3.05) is 24.5 Å². The molecular formula is C37H48ClN3O3. The van der Waals surface area contributed by atoms with Crippen LogP contribution in [0.1, 0.15) is 92.8 Å². The summed E-state index contributed by atoms with van der Waals surface area (Å²) >= 11 is 6.57. The number of pyridine rings is 1. The Morgan fingerprint density at radius 1 is 1.05 bits per heavy atom. The van der Waals surface area contributed by atoms with Crippen molar-refractivity contribution in [3.63, 3.8) is 0 Å². The van der Waals surface area contributed by atoms with E-state index in [-0.39, 0.29) is 5.41 Å². The summed E-state index contributed by atoms with van der Waals surface area (Å²) in [5, 5.41) is 11.3. The van der Waals surface area contributed by atoms with E-state index >= 15 is 0 Å². The van der Waals surface area contributed by atoms with E-state index < -0.39 is 17.7 Å². The van der Waals surface area contributed by atoms with Gasteiger partial charge in [0, 0.05) is 60.3 Å². The third kappa shape index (κ3) is 6.98. The zero-order valence-electron chi connectivity index (χ0n) is 27.7. The van der Waals surface area contributed by atoms with Crippen LogP contribution in [0.3, 0.4) is 0 Å². The lowest BCUT2D eigenvalue weighted by Gasteiger charge is -2.41. The van der Waals surface area contributed by atoms with Crippen molar-refractivity contribution in [2.24, 2.45) is 5.41 Å². The number of anilines is 1. The van der Waals surface area contributed by atoms with E-state index in [2.05, 4.69) is 61.8 Å². The Balaban J connectivity index is 1.57. The van der Waals surface area contributed by atoms with E-state index in [1.165, 1.54) is 22.3 Å². The first-order chi connectivity index (χ1) is 20.6. The zero-order chi connectivity index (χ0) is 32.0. The molecule has 0 spiro atoms. The number of carboxylic acid groups (broad SMARTS) is 1. The first kappa shape index (κ1) is 32.5. The summed E-state index contributed by atoms with van der Waals surface area (Å²) < 4.78 is 6.26. The monoisotopic (exact) mass is 617 g/mol. The van der Waals surface area contributed by atoms with E-state index in [1.807, 2.05) is 39.8 Å². The van der Waals surface area contributed by atoms with Crippen molar-refractivity contribution in [3.8, 4) is 11.1 Å². The number of benzene rings is 2. The number of fused-ring (bicyclic) bond motifs is 1. The molecule has 1 aromatic heterocycles. The molecule has 3 aromatic rings. The van der Waals surface area contributed by atoms with Crippen molar-refractivity contribution in [1.29, 1.82) is 0 Å². The van der Waals surface area contributed by atoms with Crippen LogP contribution in [0.4, 0.5) is 5.69 Å². The minimum Gasteiger partial charge on any atom is -0.479 e. The largest absolute Gasteiger partial charge is 0.479 e. The molecule has 7 heteroatoms. The molecule has 2 aliphatic rings. The SMILES string of the molecule is Cc1cccc(Cl)c1CN1CCc2cc(-c3c(C)nc(C)c([C@H](OC(C)(C)C)C(=O)O)c3N3CCC(C)(C)CC3)ccc2C1. The Morgan fingerprint density at radius 3 is 2.39 bits per heavy atom. The topological polar surface area (TPSA) is 65.9 Å². The maximum absolute atomic E-state index is 12.8. The molecule has 6 nitrogen and oxygen atoms in total. The van der Waals surface area contributed by atoms with Gasteiger partial charge in [-0.1, -0.05) is 55.8 Å². The molecule has 1 N–H and O–H groups in total. The van der Waals surface area contributed by atoms with Crippen molar-refractivity contribution in [2.45, 2.75) is 99.4 Å². The number of carboxylic acids is 1. The van der Waals surface area contributed by atoms with Crippen LogP contribution >= 0.6 is 11.6 Å².